The van der Waals surface area contributed by atoms with E-state index >= 15 is 0 Å². The zero-order chi connectivity index (χ0) is 14.7. The number of hydrogen-bond acceptors (Lipinski definition) is 3. The number of benzene rings is 2. The zero-order valence-electron chi connectivity index (χ0n) is 11.9. The van der Waals surface area contributed by atoms with Gasteiger partial charge in [0.05, 0.1) is 25.4 Å². The molecule has 1 aliphatic heterocycles. The molecule has 0 bridgehead atoms. The van der Waals surface area contributed by atoms with Crippen LogP contribution in [0, 0.1) is 0 Å². The number of nitrogens with one attached hydrogen (secondary N) is 1. The van der Waals surface area contributed by atoms with Gasteiger partial charge < -0.3 is 14.8 Å². The van der Waals surface area contributed by atoms with E-state index in [2.05, 4.69) is 33.4 Å². The van der Waals surface area contributed by atoms with Crippen molar-refractivity contribution in [3.63, 3.8) is 0 Å². The van der Waals surface area contributed by atoms with Crippen LogP contribution in [0.5, 0.6) is 11.5 Å². The summed E-state index contributed by atoms with van der Waals surface area (Å²) in [4.78, 5) is 0. The molecule has 2 aromatic carbocycles. The Labute approximate surface area is 133 Å². The first kappa shape index (κ1) is 14.3. The third-order valence-corrected chi connectivity index (χ3v) is 4.18. The Hall–Kier alpha value is -1.68. The summed E-state index contributed by atoms with van der Waals surface area (Å²) in [6.07, 6.45) is 2.06. The lowest BCUT2D eigenvalue weighted by Crippen LogP contribution is -2.11. The van der Waals surface area contributed by atoms with E-state index in [9.17, 15) is 0 Å². The molecule has 4 heteroatoms. The molecule has 1 aliphatic rings. The minimum absolute atomic E-state index is 0.229. The maximum atomic E-state index is 5.85. The molecule has 0 spiro atoms. The summed E-state index contributed by atoms with van der Waals surface area (Å²) in [6.45, 7) is 0.757. The minimum Gasteiger partial charge on any atom is -0.495 e. The molecule has 0 radical (unpaired) electrons. The van der Waals surface area contributed by atoms with E-state index in [-0.39, 0.29) is 6.04 Å². The van der Waals surface area contributed by atoms with E-state index in [0.29, 0.717) is 0 Å². The van der Waals surface area contributed by atoms with Crippen molar-refractivity contribution in [3.8, 4) is 11.5 Å². The van der Waals surface area contributed by atoms with Gasteiger partial charge in [-0.05, 0) is 37.1 Å². The highest BCUT2D eigenvalue weighted by Crippen LogP contribution is 2.37. The van der Waals surface area contributed by atoms with Gasteiger partial charge in [0.1, 0.15) is 11.5 Å². The Kier molecular flexibility index (Phi) is 4.34. The maximum absolute atomic E-state index is 5.85. The average Bonchev–Trinajstić information content (AvgIpc) is 2.70. The van der Waals surface area contributed by atoms with Crippen molar-refractivity contribution in [1.29, 1.82) is 0 Å². The molecule has 21 heavy (non-hydrogen) atoms. The fraction of sp³-hybridized carbons (Fsp3) is 0.294. The van der Waals surface area contributed by atoms with E-state index in [1.165, 1.54) is 5.56 Å². The number of ether oxygens (including phenoxy) is 2. The van der Waals surface area contributed by atoms with Crippen LogP contribution in [-0.2, 0) is 0 Å². The number of anilines is 1. The van der Waals surface area contributed by atoms with Crippen LogP contribution in [0.4, 0.5) is 5.69 Å². The van der Waals surface area contributed by atoms with Crippen LogP contribution in [0.2, 0.25) is 0 Å². The molecule has 2 aromatic rings. The molecule has 0 saturated carbocycles. The summed E-state index contributed by atoms with van der Waals surface area (Å²) in [5, 5.41) is 3.60. The maximum Gasteiger partial charge on any atom is 0.141 e. The van der Waals surface area contributed by atoms with Gasteiger partial charge in [0.25, 0.3) is 0 Å². The minimum atomic E-state index is 0.229. The number of methoxy groups -OCH3 is 1. The summed E-state index contributed by atoms with van der Waals surface area (Å²) < 4.78 is 12.3. The van der Waals surface area contributed by atoms with Crippen LogP contribution in [0.15, 0.2) is 46.9 Å². The van der Waals surface area contributed by atoms with Crippen molar-refractivity contribution in [2.45, 2.75) is 18.9 Å². The molecule has 1 atom stereocenters. The van der Waals surface area contributed by atoms with Gasteiger partial charge in [-0.3, -0.25) is 0 Å². The van der Waals surface area contributed by atoms with Gasteiger partial charge in [-0.1, -0.05) is 34.1 Å². The molecule has 0 fully saturated rings. The Morgan fingerprint density at radius 1 is 1.24 bits per heavy atom. The fourth-order valence-corrected chi connectivity index (χ4v) is 2.99. The largest absolute Gasteiger partial charge is 0.495 e. The van der Waals surface area contributed by atoms with Crippen molar-refractivity contribution in [3.05, 3.63) is 52.5 Å². The molecular weight excluding hydrogens is 330 g/mol. The van der Waals surface area contributed by atoms with Crippen LogP contribution >= 0.6 is 15.9 Å². The van der Waals surface area contributed by atoms with Gasteiger partial charge >= 0.3 is 0 Å². The predicted molar refractivity (Wildman–Crippen MR) is 88.2 cm³/mol. The van der Waals surface area contributed by atoms with Crippen molar-refractivity contribution in [2.24, 2.45) is 0 Å². The number of para-hydroxylation sites is 2. The standard InChI is InChI=1S/C17H18BrNO2/c1-20-16-7-3-2-5-15(16)19-14-6-4-10-21-17-11-12(18)8-9-13(14)17/h2-3,5,7-9,11,14,19H,4,6,10H2,1H3. The predicted octanol–water partition coefficient (Wildman–Crippen LogP) is 4.78. The first-order valence-corrected chi connectivity index (χ1v) is 7.89. The van der Waals surface area contributed by atoms with Crippen LogP contribution in [0.3, 0.4) is 0 Å². The first-order valence-electron chi connectivity index (χ1n) is 7.10. The van der Waals surface area contributed by atoms with Gasteiger partial charge in [0.2, 0.25) is 0 Å². The Morgan fingerprint density at radius 3 is 2.95 bits per heavy atom. The van der Waals surface area contributed by atoms with Gasteiger partial charge in [-0.25, -0.2) is 0 Å². The second-order valence-electron chi connectivity index (χ2n) is 5.07. The Morgan fingerprint density at radius 2 is 2.10 bits per heavy atom. The smallest absolute Gasteiger partial charge is 0.141 e. The van der Waals surface area contributed by atoms with Gasteiger partial charge in [-0.2, -0.15) is 0 Å². The monoisotopic (exact) mass is 347 g/mol. The lowest BCUT2D eigenvalue weighted by Gasteiger charge is -2.21. The highest BCUT2D eigenvalue weighted by molar-refractivity contribution is 9.10. The fourth-order valence-electron chi connectivity index (χ4n) is 2.65. The van der Waals surface area contributed by atoms with Crippen LogP contribution in [0.25, 0.3) is 0 Å². The van der Waals surface area contributed by atoms with E-state index in [1.54, 1.807) is 7.11 Å². The molecule has 3 nitrogen and oxygen atoms in total. The Bertz CT molecular complexity index is 630. The molecular formula is C17H18BrNO2. The van der Waals surface area contributed by atoms with E-state index in [1.807, 2.05) is 30.3 Å². The Balaban J connectivity index is 1.92. The van der Waals surface area contributed by atoms with Crippen LogP contribution < -0.4 is 14.8 Å². The first-order chi connectivity index (χ1) is 10.3. The second kappa shape index (κ2) is 6.39. The number of fused-ring (bicyclic) bond motifs is 1. The number of hydrogen-bond donors (Lipinski definition) is 1. The average molecular weight is 348 g/mol. The lowest BCUT2D eigenvalue weighted by molar-refractivity contribution is 0.316. The van der Waals surface area contributed by atoms with Crippen LogP contribution in [-0.4, -0.2) is 13.7 Å². The van der Waals surface area contributed by atoms with E-state index < -0.39 is 0 Å². The normalized spacial score (nSPS) is 17.3. The SMILES string of the molecule is COc1ccccc1NC1CCCOc2cc(Br)ccc21. The van der Waals surface area contributed by atoms with Crippen molar-refractivity contribution < 1.29 is 9.47 Å². The molecule has 0 saturated heterocycles. The van der Waals surface area contributed by atoms with Crippen molar-refractivity contribution in [1.82, 2.24) is 0 Å². The summed E-state index contributed by atoms with van der Waals surface area (Å²) in [7, 11) is 1.70. The summed E-state index contributed by atoms with van der Waals surface area (Å²) in [5.41, 5.74) is 2.21. The second-order valence-corrected chi connectivity index (χ2v) is 5.99. The van der Waals surface area contributed by atoms with Gasteiger partial charge in [-0.15, -0.1) is 0 Å². The highest BCUT2D eigenvalue weighted by atomic mass is 79.9. The molecule has 0 amide bonds. The number of halogens is 1. The third kappa shape index (κ3) is 3.16. The molecule has 1 unspecified atom stereocenters. The van der Waals surface area contributed by atoms with Crippen molar-refractivity contribution >= 4 is 21.6 Å². The van der Waals surface area contributed by atoms with Crippen LogP contribution in [0.1, 0.15) is 24.4 Å². The van der Waals surface area contributed by atoms with E-state index in [0.717, 1.165) is 41.1 Å². The van der Waals surface area contributed by atoms with Gasteiger partial charge in [0, 0.05) is 10.0 Å². The van der Waals surface area contributed by atoms with Gasteiger partial charge in [0.15, 0.2) is 0 Å². The molecule has 1 heterocycles. The van der Waals surface area contributed by atoms with E-state index in [4.69, 9.17) is 9.47 Å². The van der Waals surface area contributed by atoms with Crippen molar-refractivity contribution in [2.75, 3.05) is 19.0 Å². The third-order valence-electron chi connectivity index (χ3n) is 3.68. The zero-order valence-corrected chi connectivity index (χ0v) is 13.5. The number of rotatable bonds is 3. The summed E-state index contributed by atoms with van der Waals surface area (Å²) in [6, 6.07) is 14.5. The molecule has 0 aliphatic carbocycles. The lowest BCUT2D eigenvalue weighted by atomic mass is 10.0. The molecule has 3 rings (SSSR count). The topological polar surface area (TPSA) is 30.5 Å². The molecule has 1 N–H and O–H groups in total. The highest BCUT2D eigenvalue weighted by Gasteiger charge is 2.20. The molecule has 110 valence electrons. The quantitative estimate of drug-likeness (QED) is 0.866. The summed E-state index contributed by atoms with van der Waals surface area (Å²) >= 11 is 3.51. The summed E-state index contributed by atoms with van der Waals surface area (Å²) in [5.74, 6) is 1.82. The molecule has 0 aromatic heterocycles.